The highest BCUT2D eigenvalue weighted by atomic mass is 16.5. The molecule has 1 aromatic carbocycles. The van der Waals surface area contributed by atoms with Crippen LogP contribution in [0.3, 0.4) is 0 Å². The Morgan fingerprint density at radius 3 is 2.43 bits per heavy atom. The van der Waals surface area contributed by atoms with Gasteiger partial charge in [-0.05, 0) is 81.5 Å². The molecule has 0 radical (unpaired) electrons. The molecule has 0 spiro atoms. The van der Waals surface area contributed by atoms with Crippen molar-refractivity contribution < 1.29 is 38.6 Å². The summed E-state index contributed by atoms with van der Waals surface area (Å²) in [6.45, 7) is 13.5. The van der Waals surface area contributed by atoms with Gasteiger partial charge in [0.15, 0.2) is 5.78 Å². The summed E-state index contributed by atoms with van der Waals surface area (Å²) in [6.07, 6.45) is 7.14. The van der Waals surface area contributed by atoms with Gasteiger partial charge in [0, 0.05) is 86.3 Å². The molecular formula is C50H55N11O8. The Balaban J connectivity index is 0.843. The molecule has 1 fully saturated rings. The molecule has 2 atom stereocenters. The van der Waals surface area contributed by atoms with Gasteiger partial charge in [-0.3, -0.25) is 19.2 Å². The number of piperazine rings is 1. The zero-order chi connectivity index (χ0) is 49.5. The van der Waals surface area contributed by atoms with Crippen LogP contribution < -0.4 is 25.2 Å². The van der Waals surface area contributed by atoms with Gasteiger partial charge < -0.3 is 39.9 Å². The Hall–Kier alpha value is -7.85. The molecule has 0 saturated carbocycles. The number of benzene rings is 1. The quantitative estimate of drug-likeness (QED) is 0.0979. The molecule has 7 rings (SSSR count). The fourth-order valence-electron chi connectivity index (χ4n) is 8.00. The van der Waals surface area contributed by atoms with Crippen LogP contribution in [0.2, 0.25) is 0 Å². The first-order valence-electron chi connectivity index (χ1n) is 22.6. The van der Waals surface area contributed by atoms with E-state index in [9.17, 15) is 34.3 Å². The number of carbonyl (C=O) groups excluding carboxylic acids is 4. The second kappa shape index (κ2) is 21.0. The first kappa shape index (κ1) is 49.1. The van der Waals surface area contributed by atoms with Gasteiger partial charge in [0.05, 0.1) is 29.0 Å². The van der Waals surface area contributed by atoms with E-state index in [1.165, 1.54) is 24.4 Å². The highest BCUT2D eigenvalue weighted by molar-refractivity contribution is 6.13. The summed E-state index contributed by atoms with van der Waals surface area (Å²) in [7, 11) is 0. The van der Waals surface area contributed by atoms with E-state index in [-0.39, 0.29) is 73.2 Å². The predicted octanol–water partition coefficient (Wildman–Crippen LogP) is 5.47. The van der Waals surface area contributed by atoms with E-state index >= 15 is 0 Å². The number of nitriles is 1. The van der Waals surface area contributed by atoms with E-state index in [0.29, 0.717) is 77.2 Å². The number of aromatic nitrogens is 5. The summed E-state index contributed by atoms with van der Waals surface area (Å²) in [5.74, 6) is -0.762. The maximum absolute atomic E-state index is 13.4. The highest BCUT2D eigenvalue weighted by Crippen LogP contribution is 2.40. The topological polar surface area (TPSA) is 246 Å². The van der Waals surface area contributed by atoms with E-state index in [4.69, 9.17) is 14.5 Å². The van der Waals surface area contributed by atoms with Crippen LogP contribution in [0.15, 0.2) is 85.5 Å². The Morgan fingerprint density at radius 2 is 1.74 bits per heavy atom. The van der Waals surface area contributed by atoms with E-state index in [1.807, 2.05) is 57.4 Å². The molecular weight excluding hydrogens is 883 g/mol. The number of hydrogen-bond acceptors (Lipinski definition) is 15. The Labute approximate surface area is 399 Å². The minimum absolute atomic E-state index is 0.0620. The number of ether oxygens (including phenoxy) is 2. The lowest BCUT2D eigenvalue weighted by atomic mass is 9.88. The minimum Gasteiger partial charge on any atom is -0.480 e. The van der Waals surface area contributed by atoms with Crippen molar-refractivity contribution >= 4 is 41.2 Å². The van der Waals surface area contributed by atoms with Crippen molar-refractivity contribution in [1.29, 1.82) is 5.26 Å². The standard InChI is InChI=1S/C50H55N11O8/c1-31-28-59(48-55-26-35(27-56-48)38-14-13-37-43(63)50(5,6)61(44(37)57-38)29-34-10-8-18-52-40(34)24-51)20-21-60(31)42(62)30-68-22-19-53-45(64)32-9-7-11-36(23-32)69-41-15-12-33(25-54-41)46(65)58-39(47(66)67)16-17-49(2,3)4/h7-15,18,23,25-27,31,39H,16-17,19-22,28-30H2,1-6H3,(H,53,64)(H,58,65)(H,66,67)/t31-,39+/m1/s1. The number of carboxylic acids is 1. The molecule has 358 valence electrons. The van der Waals surface area contributed by atoms with E-state index in [2.05, 4.69) is 36.6 Å². The number of pyridine rings is 3. The third-order valence-corrected chi connectivity index (χ3v) is 12.0. The third-order valence-electron chi connectivity index (χ3n) is 12.0. The molecule has 3 amide bonds. The van der Waals surface area contributed by atoms with Crippen LogP contribution in [0.5, 0.6) is 11.6 Å². The number of carbonyl (C=O) groups is 5. The van der Waals surface area contributed by atoms with Gasteiger partial charge in [-0.15, -0.1) is 0 Å². The summed E-state index contributed by atoms with van der Waals surface area (Å²) < 4.78 is 11.5. The molecule has 0 aliphatic carbocycles. The molecule has 0 unspecified atom stereocenters. The third kappa shape index (κ3) is 11.8. The summed E-state index contributed by atoms with van der Waals surface area (Å²) in [6, 6.07) is 17.5. The highest BCUT2D eigenvalue weighted by Gasteiger charge is 2.45. The molecule has 5 aromatic rings. The van der Waals surface area contributed by atoms with E-state index < -0.39 is 23.5 Å². The largest absolute Gasteiger partial charge is 0.480 e. The van der Waals surface area contributed by atoms with Crippen LogP contribution in [-0.2, 0) is 20.9 Å². The molecule has 1 saturated heterocycles. The molecule has 6 heterocycles. The number of rotatable bonds is 17. The maximum Gasteiger partial charge on any atom is 0.326 e. The summed E-state index contributed by atoms with van der Waals surface area (Å²) in [4.78, 5) is 92.2. The van der Waals surface area contributed by atoms with Gasteiger partial charge in [0.25, 0.3) is 11.8 Å². The van der Waals surface area contributed by atoms with Crippen molar-refractivity contribution in [3.63, 3.8) is 0 Å². The maximum atomic E-state index is 13.4. The normalized spacial score (nSPS) is 15.8. The molecule has 2 aliphatic heterocycles. The van der Waals surface area contributed by atoms with Crippen molar-refractivity contribution in [2.75, 3.05) is 49.2 Å². The first-order valence-corrected chi connectivity index (χ1v) is 22.6. The van der Waals surface area contributed by atoms with Gasteiger partial charge in [-0.2, -0.15) is 5.26 Å². The molecule has 2 aliphatic rings. The fraction of sp³-hybridized carbons (Fsp3) is 0.380. The number of hydrogen-bond donors (Lipinski definition) is 3. The number of fused-ring (bicyclic) bond motifs is 1. The molecule has 3 N–H and O–H groups in total. The summed E-state index contributed by atoms with van der Waals surface area (Å²) in [5, 5.41) is 24.5. The Morgan fingerprint density at radius 1 is 0.957 bits per heavy atom. The number of nitrogens with one attached hydrogen (secondary N) is 2. The van der Waals surface area contributed by atoms with Crippen molar-refractivity contribution in [2.24, 2.45) is 5.41 Å². The van der Waals surface area contributed by atoms with Crippen LogP contribution in [0, 0.1) is 16.7 Å². The lowest BCUT2D eigenvalue weighted by Crippen LogP contribution is -2.55. The van der Waals surface area contributed by atoms with Crippen molar-refractivity contribution in [2.45, 2.75) is 78.6 Å². The van der Waals surface area contributed by atoms with Gasteiger partial charge in [0.2, 0.25) is 17.7 Å². The minimum atomic E-state index is -1.11. The van der Waals surface area contributed by atoms with E-state index in [0.717, 1.165) is 0 Å². The van der Waals surface area contributed by atoms with Gasteiger partial charge in [-0.1, -0.05) is 32.9 Å². The summed E-state index contributed by atoms with van der Waals surface area (Å²) >= 11 is 0. The van der Waals surface area contributed by atoms with Crippen LogP contribution in [0.1, 0.15) is 96.7 Å². The van der Waals surface area contributed by atoms with Crippen molar-refractivity contribution in [3.05, 3.63) is 113 Å². The van der Waals surface area contributed by atoms with Gasteiger partial charge >= 0.3 is 5.97 Å². The molecule has 19 nitrogen and oxygen atoms in total. The summed E-state index contributed by atoms with van der Waals surface area (Å²) in [5.41, 5.74) is 2.27. The lowest BCUT2D eigenvalue weighted by Gasteiger charge is -2.39. The number of carboxylic acid groups (broad SMARTS) is 1. The smallest absolute Gasteiger partial charge is 0.326 e. The van der Waals surface area contributed by atoms with E-state index in [1.54, 1.807) is 59.9 Å². The van der Waals surface area contributed by atoms with Crippen LogP contribution in [0.4, 0.5) is 11.8 Å². The second-order valence-electron chi connectivity index (χ2n) is 18.6. The van der Waals surface area contributed by atoms with Crippen LogP contribution in [-0.4, -0.2) is 121 Å². The SMILES string of the molecule is C[C@@H]1CN(c2ncc(-c3ccc4c(n3)N(Cc3cccnc3C#N)C(C)(C)C4=O)cn2)CCN1C(=O)COCCNC(=O)c1cccc(Oc2ccc(C(=O)N[C@@H](CCC(C)(C)C)C(=O)O)cn2)c1. The number of ketones is 1. The van der Waals surface area contributed by atoms with Gasteiger partial charge in [0.1, 0.15) is 36.0 Å². The number of amides is 3. The average Bonchev–Trinajstić information content (AvgIpc) is 3.52. The molecule has 69 heavy (non-hydrogen) atoms. The van der Waals surface area contributed by atoms with Crippen LogP contribution >= 0.6 is 0 Å². The zero-order valence-corrected chi connectivity index (χ0v) is 39.4. The van der Waals surface area contributed by atoms with Crippen LogP contribution in [0.25, 0.3) is 11.3 Å². The number of aliphatic carboxylic acids is 1. The van der Waals surface area contributed by atoms with Crippen molar-refractivity contribution in [3.8, 4) is 29.0 Å². The molecule has 4 aromatic heterocycles. The average molecular weight is 938 g/mol. The molecule has 19 heteroatoms. The second-order valence-corrected chi connectivity index (χ2v) is 18.6. The fourth-order valence-corrected chi connectivity index (χ4v) is 8.00. The Kier molecular flexibility index (Phi) is 14.9. The number of Topliss-reactive ketones (excluding diaryl/α,β-unsaturated/α-hetero) is 1. The lowest BCUT2D eigenvalue weighted by molar-refractivity contribution is -0.140. The van der Waals surface area contributed by atoms with Gasteiger partial charge in [-0.25, -0.2) is 29.7 Å². The zero-order valence-electron chi connectivity index (χ0n) is 39.4. The predicted molar refractivity (Wildman–Crippen MR) is 254 cm³/mol. The number of anilines is 2. The molecule has 0 bridgehead atoms. The Bertz CT molecular complexity index is 2750. The monoisotopic (exact) mass is 937 g/mol. The first-order chi connectivity index (χ1) is 32.9. The van der Waals surface area contributed by atoms with Crippen molar-refractivity contribution in [1.82, 2.24) is 40.5 Å². The number of nitrogens with zero attached hydrogens (tertiary/aromatic N) is 9.